The SMILES string of the molecule is Cc1nc2ccc(Oc3ccccc3)cc2c2c1CCN2CCc1ccccc1.O=C(O)C(F)(F)F. The smallest absolute Gasteiger partial charge is 0.475 e. The molecule has 0 atom stereocenters. The van der Waals surface area contributed by atoms with E-state index < -0.39 is 12.1 Å². The van der Waals surface area contributed by atoms with Crippen molar-refractivity contribution in [3.63, 3.8) is 0 Å². The number of anilines is 1. The van der Waals surface area contributed by atoms with Crippen LogP contribution in [0, 0.1) is 6.92 Å². The number of ether oxygens (including phenoxy) is 1. The molecule has 3 aromatic carbocycles. The summed E-state index contributed by atoms with van der Waals surface area (Å²) in [5, 5.41) is 8.31. The predicted octanol–water partition coefficient (Wildman–Crippen LogP) is 6.57. The van der Waals surface area contributed by atoms with E-state index >= 15 is 0 Å². The van der Waals surface area contributed by atoms with E-state index in [0.29, 0.717) is 0 Å². The molecule has 186 valence electrons. The minimum absolute atomic E-state index is 0.851. The number of benzene rings is 3. The van der Waals surface area contributed by atoms with Gasteiger partial charge in [0, 0.05) is 24.2 Å². The number of aliphatic carboxylic acids is 1. The van der Waals surface area contributed by atoms with E-state index in [4.69, 9.17) is 19.6 Å². The highest BCUT2D eigenvalue weighted by atomic mass is 19.4. The van der Waals surface area contributed by atoms with Crippen LogP contribution < -0.4 is 9.64 Å². The number of pyridine rings is 1. The Hall–Kier alpha value is -4.07. The maximum atomic E-state index is 10.6. The molecule has 0 unspecified atom stereocenters. The van der Waals surface area contributed by atoms with Crippen LogP contribution in [-0.4, -0.2) is 35.3 Å². The molecule has 0 spiro atoms. The third-order valence-electron chi connectivity index (χ3n) is 5.92. The molecular formula is C28H25F3N2O3. The lowest BCUT2D eigenvalue weighted by molar-refractivity contribution is -0.192. The Bertz CT molecular complexity index is 1340. The average molecular weight is 495 g/mol. The van der Waals surface area contributed by atoms with E-state index in [0.717, 1.165) is 48.6 Å². The molecule has 1 aromatic heterocycles. The molecule has 1 N–H and O–H groups in total. The number of carboxylic acid groups (broad SMARTS) is 1. The summed E-state index contributed by atoms with van der Waals surface area (Å²) in [7, 11) is 0. The highest BCUT2D eigenvalue weighted by molar-refractivity contribution is 5.96. The molecule has 2 heterocycles. The minimum atomic E-state index is -5.08. The molecule has 0 aliphatic carbocycles. The molecule has 5 rings (SSSR count). The van der Waals surface area contributed by atoms with Crippen LogP contribution in [-0.2, 0) is 17.6 Å². The van der Waals surface area contributed by atoms with Crippen molar-refractivity contribution in [2.45, 2.75) is 25.9 Å². The molecule has 36 heavy (non-hydrogen) atoms. The van der Waals surface area contributed by atoms with Crippen molar-refractivity contribution < 1.29 is 27.8 Å². The number of aromatic nitrogens is 1. The normalized spacial score (nSPS) is 12.6. The number of fused-ring (bicyclic) bond motifs is 3. The Labute approximate surface area is 206 Å². The molecule has 1 aliphatic heterocycles. The van der Waals surface area contributed by atoms with Crippen molar-refractivity contribution >= 4 is 22.6 Å². The minimum Gasteiger partial charge on any atom is -0.475 e. The van der Waals surface area contributed by atoms with Gasteiger partial charge in [-0.15, -0.1) is 0 Å². The fourth-order valence-electron chi connectivity index (χ4n) is 4.22. The van der Waals surface area contributed by atoms with Crippen LogP contribution in [0.1, 0.15) is 16.8 Å². The van der Waals surface area contributed by atoms with Gasteiger partial charge in [0.15, 0.2) is 0 Å². The monoisotopic (exact) mass is 494 g/mol. The predicted molar refractivity (Wildman–Crippen MR) is 133 cm³/mol. The van der Waals surface area contributed by atoms with Gasteiger partial charge in [-0.25, -0.2) is 4.79 Å². The lowest BCUT2D eigenvalue weighted by atomic mass is 10.1. The zero-order valence-electron chi connectivity index (χ0n) is 19.6. The van der Waals surface area contributed by atoms with Crippen LogP contribution in [0.2, 0.25) is 0 Å². The molecular weight excluding hydrogens is 469 g/mol. The number of carboxylic acids is 1. The van der Waals surface area contributed by atoms with Crippen LogP contribution in [0.5, 0.6) is 11.5 Å². The third-order valence-corrected chi connectivity index (χ3v) is 5.92. The molecule has 0 fully saturated rings. The summed E-state index contributed by atoms with van der Waals surface area (Å²) < 4.78 is 37.8. The number of hydrogen-bond acceptors (Lipinski definition) is 4. The second kappa shape index (κ2) is 10.7. The van der Waals surface area contributed by atoms with E-state index in [-0.39, 0.29) is 0 Å². The van der Waals surface area contributed by atoms with Crippen LogP contribution in [0.3, 0.4) is 0 Å². The van der Waals surface area contributed by atoms with Gasteiger partial charge in [0.1, 0.15) is 11.5 Å². The van der Waals surface area contributed by atoms with Crippen molar-refractivity contribution in [3.05, 3.63) is 95.7 Å². The van der Waals surface area contributed by atoms with E-state index in [2.05, 4.69) is 54.3 Å². The van der Waals surface area contributed by atoms with E-state index in [1.54, 1.807) is 0 Å². The Balaban J connectivity index is 0.000000384. The average Bonchev–Trinajstić information content (AvgIpc) is 3.29. The molecule has 0 amide bonds. The molecule has 4 aromatic rings. The first-order valence-electron chi connectivity index (χ1n) is 11.5. The van der Waals surface area contributed by atoms with Gasteiger partial charge in [-0.3, -0.25) is 4.98 Å². The number of halogens is 3. The first-order chi connectivity index (χ1) is 17.2. The third kappa shape index (κ3) is 5.94. The summed E-state index contributed by atoms with van der Waals surface area (Å²) >= 11 is 0. The number of carbonyl (C=O) groups is 1. The lowest BCUT2D eigenvalue weighted by Gasteiger charge is -2.22. The molecule has 1 aliphatic rings. The fraction of sp³-hybridized carbons (Fsp3) is 0.214. The summed E-state index contributed by atoms with van der Waals surface area (Å²) in [6, 6.07) is 26.9. The summed E-state index contributed by atoms with van der Waals surface area (Å²) in [6.45, 7) is 4.19. The van der Waals surface area contributed by atoms with Gasteiger partial charge < -0.3 is 14.7 Å². The second-order valence-electron chi connectivity index (χ2n) is 8.39. The van der Waals surface area contributed by atoms with Gasteiger partial charge in [-0.05, 0) is 61.2 Å². The van der Waals surface area contributed by atoms with Gasteiger partial charge >= 0.3 is 12.1 Å². The zero-order valence-corrected chi connectivity index (χ0v) is 19.6. The number of hydrogen-bond donors (Lipinski definition) is 1. The van der Waals surface area contributed by atoms with Crippen molar-refractivity contribution in [3.8, 4) is 11.5 Å². The Morgan fingerprint density at radius 2 is 1.64 bits per heavy atom. The quantitative estimate of drug-likeness (QED) is 0.340. The van der Waals surface area contributed by atoms with Crippen LogP contribution >= 0.6 is 0 Å². The van der Waals surface area contributed by atoms with Crippen molar-refractivity contribution in [2.24, 2.45) is 0 Å². The van der Waals surface area contributed by atoms with Crippen LogP contribution in [0.15, 0.2) is 78.9 Å². The number of alkyl halides is 3. The fourth-order valence-corrected chi connectivity index (χ4v) is 4.22. The number of nitrogens with zero attached hydrogens (tertiary/aromatic N) is 2. The number of rotatable bonds is 5. The maximum Gasteiger partial charge on any atom is 0.490 e. The largest absolute Gasteiger partial charge is 0.490 e. The van der Waals surface area contributed by atoms with Crippen molar-refractivity contribution in [1.29, 1.82) is 0 Å². The van der Waals surface area contributed by atoms with Gasteiger partial charge in [0.05, 0.1) is 11.2 Å². The Morgan fingerprint density at radius 3 is 2.28 bits per heavy atom. The van der Waals surface area contributed by atoms with Crippen molar-refractivity contribution in [2.75, 3.05) is 18.0 Å². The Morgan fingerprint density at radius 1 is 1.00 bits per heavy atom. The molecule has 0 bridgehead atoms. The van der Waals surface area contributed by atoms with Gasteiger partial charge in [-0.2, -0.15) is 13.2 Å². The first kappa shape index (κ1) is 25.0. The highest BCUT2D eigenvalue weighted by Crippen LogP contribution is 2.38. The first-order valence-corrected chi connectivity index (χ1v) is 11.5. The highest BCUT2D eigenvalue weighted by Gasteiger charge is 2.38. The van der Waals surface area contributed by atoms with E-state index in [1.807, 2.05) is 36.4 Å². The summed E-state index contributed by atoms with van der Waals surface area (Å²) in [5.41, 5.74) is 6.27. The second-order valence-corrected chi connectivity index (χ2v) is 8.39. The van der Waals surface area contributed by atoms with Crippen molar-refractivity contribution in [1.82, 2.24) is 4.98 Å². The Kier molecular flexibility index (Phi) is 7.43. The van der Waals surface area contributed by atoms with Gasteiger partial charge in [0.2, 0.25) is 0 Å². The molecule has 0 saturated carbocycles. The van der Waals surface area contributed by atoms with E-state index in [9.17, 15) is 13.2 Å². The topological polar surface area (TPSA) is 62.7 Å². The molecule has 5 nitrogen and oxygen atoms in total. The summed E-state index contributed by atoms with van der Waals surface area (Å²) in [4.78, 5) is 16.3. The number of para-hydroxylation sites is 1. The molecule has 0 radical (unpaired) electrons. The standard InChI is InChI=1S/C26H24N2O.C2HF3O2/c1-19-23-15-17-28(16-14-20-8-4-2-5-9-20)26(23)24-18-22(12-13-25(24)27-19)29-21-10-6-3-7-11-21;3-2(4,5)1(6)7/h2-13,18H,14-17H2,1H3;(H,6,7). The van der Waals surface area contributed by atoms with Gasteiger partial charge in [-0.1, -0.05) is 48.5 Å². The van der Waals surface area contributed by atoms with Crippen LogP contribution in [0.4, 0.5) is 18.9 Å². The van der Waals surface area contributed by atoms with Gasteiger partial charge in [0.25, 0.3) is 0 Å². The van der Waals surface area contributed by atoms with E-state index in [1.165, 1.54) is 22.2 Å². The lowest BCUT2D eigenvalue weighted by Crippen LogP contribution is -2.23. The number of aryl methyl sites for hydroxylation is 1. The zero-order chi connectivity index (χ0) is 25.7. The summed E-state index contributed by atoms with van der Waals surface area (Å²) in [6.07, 6.45) is -2.98. The van der Waals surface area contributed by atoms with Crippen LogP contribution in [0.25, 0.3) is 10.9 Å². The summed E-state index contributed by atoms with van der Waals surface area (Å²) in [5.74, 6) is -1.05. The maximum absolute atomic E-state index is 10.6. The molecule has 8 heteroatoms. The molecule has 0 saturated heterocycles.